The van der Waals surface area contributed by atoms with Gasteiger partial charge < -0.3 is 15.4 Å². The number of pyridine rings is 1. The third kappa shape index (κ3) is 4.93. The summed E-state index contributed by atoms with van der Waals surface area (Å²) in [7, 11) is 1.20. The van der Waals surface area contributed by atoms with Crippen molar-refractivity contribution in [3.8, 4) is 0 Å². The SMILES string of the molecule is COC(=O)NNC(=O)Nc1ccc(Nc2c3ccccc3nc3ccccc23)cc1.Cl. The Morgan fingerprint density at radius 3 is 1.90 bits per heavy atom. The fraction of sp³-hybridized carbons (Fsp3) is 0.0455. The molecule has 0 bridgehead atoms. The lowest BCUT2D eigenvalue weighted by molar-refractivity contribution is 0.166. The summed E-state index contributed by atoms with van der Waals surface area (Å²) in [6.07, 6.45) is -0.762. The molecule has 4 rings (SSSR count). The number of hydrogen-bond acceptors (Lipinski definition) is 5. The third-order valence-electron chi connectivity index (χ3n) is 4.46. The second-order valence-electron chi connectivity index (χ2n) is 6.42. The van der Waals surface area contributed by atoms with Crippen molar-refractivity contribution in [2.75, 3.05) is 17.7 Å². The molecule has 8 nitrogen and oxygen atoms in total. The van der Waals surface area contributed by atoms with Crippen LogP contribution in [-0.2, 0) is 4.74 Å². The molecule has 1 aromatic heterocycles. The zero-order valence-corrected chi connectivity index (χ0v) is 17.3. The number of carbonyl (C=O) groups excluding carboxylic acids is 2. The smallest absolute Gasteiger partial charge is 0.425 e. The van der Waals surface area contributed by atoms with Crippen molar-refractivity contribution < 1.29 is 14.3 Å². The van der Waals surface area contributed by atoms with Crippen LogP contribution in [0.15, 0.2) is 72.8 Å². The second kappa shape index (κ2) is 9.64. The summed E-state index contributed by atoms with van der Waals surface area (Å²) in [4.78, 5) is 27.5. The predicted octanol–water partition coefficient (Wildman–Crippen LogP) is 4.95. The van der Waals surface area contributed by atoms with Gasteiger partial charge in [0.25, 0.3) is 0 Å². The average molecular weight is 438 g/mol. The van der Waals surface area contributed by atoms with Gasteiger partial charge in [-0.15, -0.1) is 12.4 Å². The van der Waals surface area contributed by atoms with Crippen LogP contribution in [0.5, 0.6) is 0 Å². The van der Waals surface area contributed by atoms with E-state index in [1.54, 1.807) is 12.1 Å². The molecule has 31 heavy (non-hydrogen) atoms. The zero-order valence-electron chi connectivity index (χ0n) is 16.5. The Labute approximate surface area is 184 Å². The second-order valence-corrected chi connectivity index (χ2v) is 6.42. The van der Waals surface area contributed by atoms with Crippen LogP contribution in [0.25, 0.3) is 21.8 Å². The highest BCUT2D eigenvalue weighted by atomic mass is 35.5. The number of aromatic nitrogens is 1. The fourth-order valence-electron chi connectivity index (χ4n) is 3.08. The molecule has 0 spiro atoms. The summed E-state index contributed by atoms with van der Waals surface area (Å²) < 4.78 is 4.38. The first-order valence-electron chi connectivity index (χ1n) is 9.19. The van der Waals surface area contributed by atoms with E-state index in [0.29, 0.717) is 5.69 Å². The van der Waals surface area contributed by atoms with Crippen LogP contribution in [0, 0.1) is 0 Å². The van der Waals surface area contributed by atoms with Crippen molar-refractivity contribution in [2.45, 2.75) is 0 Å². The molecule has 0 fully saturated rings. The monoisotopic (exact) mass is 437 g/mol. The summed E-state index contributed by atoms with van der Waals surface area (Å²) >= 11 is 0. The maximum atomic E-state index is 11.8. The first kappa shape index (κ1) is 21.7. The van der Waals surface area contributed by atoms with Gasteiger partial charge in [0.05, 0.1) is 23.8 Å². The van der Waals surface area contributed by atoms with Gasteiger partial charge in [-0.1, -0.05) is 36.4 Å². The van der Waals surface area contributed by atoms with E-state index in [1.165, 1.54) is 7.11 Å². The highest BCUT2D eigenvalue weighted by Gasteiger charge is 2.09. The molecule has 0 saturated heterocycles. The Morgan fingerprint density at radius 1 is 0.774 bits per heavy atom. The van der Waals surface area contributed by atoms with Crippen LogP contribution >= 0.6 is 12.4 Å². The van der Waals surface area contributed by atoms with Crippen LogP contribution in [-0.4, -0.2) is 24.2 Å². The van der Waals surface area contributed by atoms with Gasteiger partial charge in [-0.3, -0.25) is 0 Å². The predicted molar refractivity (Wildman–Crippen MR) is 124 cm³/mol. The number of benzene rings is 3. The van der Waals surface area contributed by atoms with E-state index in [4.69, 9.17) is 4.98 Å². The van der Waals surface area contributed by atoms with Crippen LogP contribution < -0.4 is 21.5 Å². The number of hydrazine groups is 1. The minimum Gasteiger partial charge on any atom is -0.452 e. The van der Waals surface area contributed by atoms with Crippen LogP contribution in [0.4, 0.5) is 26.7 Å². The fourth-order valence-corrected chi connectivity index (χ4v) is 3.08. The first-order valence-corrected chi connectivity index (χ1v) is 9.19. The molecule has 1 heterocycles. The molecular formula is C22H20ClN5O3. The number of rotatable bonds is 3. The largest absolute Gasteiger partial charge is 0.452 e. The van der Waals surface area contributed by atoms with E-state index in [2.05, 4.69) is 26.2 Å². The summed E-state index contributed by atoms with van der Waals surface area (Å²) in [5.74, 6) is 0. The lowest BCUT2D eigenvalue weighted by Crippen LogP contribution is -2.43. The number of anilines is 3. The van der Waals surface area contributed by atoms with Crippen LogP contribution in [0.1, 0.15) is 0 Å². The molecule has 0 aliphatic heterocycles. The van der Waals surface area contributed by atoms with Gasteiger partial charge in [-0.25, -0.2) is 25.4 Å². The van der Waals surface area contributed by atoms with E-state index in [0.717, 1.165) is 33.2 Å². The lowest BCUT2D eigenvalue weighted by atomic mass is 10.1. The van der Waals surface area contributed by atoms with Gasteiger partial charge in [-0.2, -0.15) is 0 Å². The topological polar surface area (TPSA) is 104 Å². The summed E-state index contributed by atoms with van der Waals surface area (Å²) in [5.41, 5.74) is 8.48. The Balaban J connectivity index is 0.00000272. The van der Waals surface area contributed by atoms with Gasteiger partial charge >= 0.3 is 12.1 Å². The maximum Gasteiger partial charge on any atom is 0.425 e. The first-order chi connectivity index (χ1) is 14.6. The molecule has 0 aliphatic rings. The van der Waals surface area contributed by atoms with E-state index in [9.17, 15) is 9.59 Å². The maximum absolute atomic E-state index is 11.8. The molecule has 3 aromatic carbocycles. The van der Waals surface area contributed by atoms with Crippen molar-refractivity contribution in [1.82, 2.24) is 15.8 Å². The number of hydrogen-bond donors (Lipinski definition) is 4. The molecule has 0 unspecified atom stereocenters. The van der Waals surface area contributed by atoms with Crippen LogP contribution in [0.2, 0.25) is 0 Å². The summed E-state index contributed by atoms with van der Waals surface area (Å²) in [5, 5.41) is 8.13. The number of para-hydroxylation sites is 2. The van der Waals surface area contributed by atoms with Crippen molar-refractivity contribution in [3.05, 3.63) is 72.8 Å². The lowest BCUT2D eigenvalue weighted by Gasteiger charge is -2.14. The van der Waals surface area contributed by atoms with Crippen molar-refractivity contribution in [2.24, 2.45) is 0 Å². The molecule has 0 aliphatic carbocycles. The standard InChI is InChI=1S/C22H19N5O3.ClH/c1-30-22(29)27-26-21(28)24-15-12-10-14(11-13-15)23-20-16-6-2-4-8-18(16)25-19-9-5-3-7-17(19)20;/h2-13H,1H3,(H,23,25)(H,27,29)(H2,24,26,28);1H. The molecule has 0 radical (unpaired) electrons. The van der Waals surface area contributed by atoms with Gasteiger partial charge in [-0.05, 0) is 36.4 Å². The van der Waals surface area contributed by atoms with Gasteiger partial charge in [0.1, 0.15) is 0 Å². The third-order valence-corrected chi connectivity index (χ3v) is 4.46. The number of carbonyl (C=O) groups is 2. The number of fused-ring (bicyclic) bond motifs is 2. The number of nitrogens with one attached hydrogen (secondary N) is 4. The average Bonchev–Trinajstić information content (AvgIpc) is 2.78. The molecule has 3 amide bonds. The zero-order chi connectivity index (χ0) is 20.9. The quantitative estimate of drug-likeness (QED) is 0.268. The Hall–Kier alpha value is -4.04. The number of urea groups is 1. The number of methoxy groups -OCH3 is 1. The van der Waals surface area contributed by atoms with Crippen molar-refractivity contribution >= 4 is 63.4 Å². The highest BCUT2D eigenvalue weighted by molar-refractivity contribution is 6.08. The molecule has 4 N–H and O–H groups in total. The minimum atomic E-state index is -0.762. The van der Waals surface area contributed by atoms with E-state index < -0.39 is 12.1 Å². The van der Waals surface area contributed by atoms with Crippen molar-refractivity contribution in [3.63, 3.8) is 0 Å². The van der Waals surface area contributed by atoms with Crippen LogP contribution in [0.3, 0.4) is 0 Å². The Kier molecular flexibility index (Phi) is 6.74. The van der Waals surface area contributed by atoms with Gasteiger partial charge in [0.2, 0.25) is 0 Å². The molecule has 158 valence electrons. The van der Waals surface area contributed by atoms with E-state index in [1.807, 2.05) is 60.7 Å². The number of amides is 3. The Morgan fingerprint density at radius 2 is 1.32 bits per heavy atom. The summed E-state index contributed by atoms with van der Waals surface area (Å²) in [6.45, 7) is 0. The molecule has 4 aromatic rings. The van der Waals surface area contributed by atoms with Crippen molar-refractivity contribution in [1.29, 1.82) is 0 Å². The normalized spacial score (nSPS) is 10.1. The summed E-state index contributed by atoms with van der Waals surface area (Å²) in [6, 6.07) is 22.6. The number of nitrogens with zero attached hydrogens (tertiary/aromatic N) is 1. The van der Waals surface area contributed by atoms with E-state index in [-0.39, 0.29) is 12.4 Å². The molecule has 9 heteroatoms. The van der Waals surface area contributed by atoms with Gasteiger partial charge in [0, 0.05) is 22.1 Å². The molecule has 0 saturated carbocycles. The molecular weight excluding hydrogens is 418 g/mol. The molecule has 0 atom stereocenters. The number of halogens is 1. The highest BCUT2D eigenvalue weighted by Crippen LogP contribution is 2.33. The van der Waals surface area contributed by atoms with Gasteiger partial charge in [0.15, 0.2) is 0 Å². The number of ether oxygens (including phenoxy) is 1. The van der Waals surface area contributed by atoms with E-state index >= 15 is 0 Å². The Bertz CT molecular complexity index is 1180. The minimum absolute atomic E-state index is 0.